The molecule has 1 heterocycles. The smallest absolute Gasteiger partial charge is 0.0386 e. The van der Waals surface area contributed by atoms with Gasteiger partial charge < -0.3 is 21.3 Å². The molecule has 0 aliphatic carbocycles. The lowest BCUT2D eigenvalue weighted by molar-refractivity contribution is 0.691. The highest BCUT2D eigenvalue weighted by Crippen LogP contribution is 2.16. The molecule has 0 amide bonds. The van der Waals surface area contributed by atoms with Gasteiger partial charge >= 0.3 is 0 Å². The first-order chi connectivity index (χ1) is 10.9. The zero-order valence-corrected chi connectivity index (χ0v) is 12.9. The predicted octanol–water partition coefficient (Wildman–Crippen LogP) is 2.40. The average molecular weight is 296 g/mol. The number of nitrogens with one attached hydrogen (secondary N) is 4. The number of para-hydroxylation sites is 2. The summed E-state index contributed by atoms with van der Waals surface area (Å²) in [6, 6.07) is 17.0. The molecule has 2 aromatic carbocycles. The Kier molecular flexibility index (Phi) is 5.29. The van der Waals surface area contributed by atoms with Crippen LogP contribution in [0.25, 0.3) is 0 Å². The second-order valence-electron chi connectivity index (χ2n) is 5.52. The molecule has 4 nitrogen and oxygen atoms in total. The van der Waals surface area contributed by atoms with Crippen LogP contribution in [0.1, 0.15) is 11.1 Å². The van der Waals surface area contributed by atoms with Gasteiger partial charge in [0.15, 0.2) is 0 Å². The van der Waals surface area contributed by atoms with E-state index in [-0.39, 0.29) is 0 Å². The molecule has 0 unspecified atom stereocenters. The molecule has 1 aliphatic heterocycles. The molecule has 0 bridgehead atoms. The van der Waals surface area contributed by atoms with Crippen molar-refractivity contribution in [2.24, 2.45) is 0 Å². The van der Waals surface area contributed by atoms with E-state index in [0.29, 0.717) is 0 Å². The van der Waals surface area contributed by atoms with Gasteiger partial charge in [0.1, 0.15) is 0 Å². The Labute approximate surface area is 132 Å². The van der Waals surface area contributed by atoms with Crippen molar-refractivity contribution < 1.29 is 0 Å². The monoisotopic (exact) mass is 296 g/mol. The Morgan fingerprint density at radius 1 is 0.545 bits per heavy atom. The van der Waals surface area contributed by atoms with E-state index in [1.165, 1.54) is 22.5 Å². The summed E-state index contributed by atoms with van der Waals surface area (Å²) in [5.74, 6) is 0. The summed E-state index contributed by atoms with van der Waals surface area (Å²) in [7, 11) is 0. The van der Waals surface area contributed by atoms with Crippen LogP contribution in [0.4, 0.5) is 11.4 Å². The number of anilines is 2. The van der Waals surface area contributed by atoms with Gasteiger partial charge in [-0.2, -0.15) is 0 Å². The summed E-state index contributed by atoms with van der Waals surface area (Å²) in [4.78, 5) is 0. The van der Waals surface area contributed by atoms with Crippen molar-refractivity contribution in [3.63, 3.8) is 0 Å². The molecule has 0 radical (unpaired) electrons. The number of hydrogen-bond acceptors (Lipinski definition) is 4. The van der Waals surface area contributed by atoms with E-state index < -0.39 is 0 Å². The van der Waals surface area contributed by atoms with Crippen LogP contribution in [-0.4, -0.2) is 26.2 Å². The number of fused-ring (bicyclic) bond motifs is 2. The molecular weight excluding hydrogens is 272 g/mol. The first kappa shape index (κ1) is 14.9. The highest BCUT2D eigenvalue weighted by Gasteiger charge is 2.04. The van der Waals surface area contributed by atoms with Crippen LogP contribution in [0, 0.1) is 0 Å². The number of rotatable bonds is 0. The van der Waals surface area contributed by atoms with E-state index in [9.17, 15) is 0 Å². The molecule has 0 aromatic heterocycles. The second-order valence-corrected chi connectivity index (χ2v) is 5.52. The van der Waals surface area contributed by atoms with Crippen molar-refractivity contribution in [1.82, 2.24) is 10.6 Å². The molecule has 0 spiro atoms. The van der Waals surface area contributed by atoms with Gasteiger partial charge in [-0.15, -0.1) is 0 Å². The summed E-state index contributed by atoms with van der Waals surface area (Å²) >= 11 is 0. The summed E-state index contributed by atoms with van der Waals surface area (Å²) in [5.41, 5.74) is 5.09. The summed E-state index contributed by atoms with van der Waals surface area (Å²) in [5, 5.41) is 14.1. The van der Waals surface area contributed by atoms with Crippen molar-refractivity contribution >= 4 is 11.4 Å². The van der Waals surface area contributed by atoms with Crippen molar-refractivity contribution in [1.29, 1.82) is 0 Å². The van der Waals surface area contributed by atoms with Crippen LogP contribution in [0.3, 0.4) is 0 Å². The molecule has 0 saturated heterocycles. The van der Waals surface area contributed by atoms with E-state index in [2.05, 4.69) is 69.8 Å². The lowest BCUT2D eigenvalue weighted by atomic mass is 10.1. The fraction of sp³-hybridized carbons (Fsp3) is 0.333. The van der Waals surface area contributed by atoms with Gasteiger partial charge in [-0.1, -0.05) is 36.4 Å². The normalized spacial score (nSPS) is 16.4. The SMILES string of the molecule is c1ccc2c(c1)CNCCNc1ccccc1CNCCN2. The lowest BCUT2D eigenvalue weighted by Crippen LogP contribution is -2.26. The van der Waals surface area contributed by atoms with Gasteiger partial charge in [0.2, 0.25) is 0 Å². The highest BCUT2D eigenvalue weighted by atomic mass is 15.0. The molecule has 1 aliphatic rings. The van der Waals surface area contributed by atoms with Crippen LogP contribution in [-0.2, 0) is 13.1 Å². The Bertz CT molecular complexity index is 494. The molecule has 22 heavy (non-hydrogen) atoms. The fourth-order valence-corrected chi connectivity index (χ4v) is 2.71. The maximum atomic E-state index is 3.52. The number of benzene rings is 2. The van der Waals surface area contributed by atoms with E-state index >= 15 is 0 Å². The average Bonchev–Trinajstić information content (AvgIpc) is 2.56. The van der Waals surface area contributed by atoms with Crippen molar-refractivity contribution in [2.75, 3.05) is 36.8 Å². The summed E-state index contributed by atoms with van der Waals surface area (Å²) < 4.78 is 0. The van der Waals surface area contributed by atoms with Crippen LogP contribution in [0.2, 0.25) is 0 Å². The molecule has 4 heteroatoms. The first-order valence-electron chi connectivity index (χ1n) is 7.98. The number of hydrogen-bond donors (Lipinski definition) is 4. The third kappa shape index (κ3) is 4.00. The van der Waals surface area contributed by atoms with E-state index in [4.69, 9.17) is 0 Å². The molecule has 0 fully saturated rings. The molecule has 3 rings (SSSR count). The standard InChI is InChI=1S/C18H24N4/c1-3-7-17-15(5-1)13-19-9-12-22-18-8-4-2-6-16(18)14-20-10-11-21-17/h1-8,19-22H,9-14H2. The van der Waals surface area contributed by atoms with E-state index in [1.807, 2.05) is 0 Å². The Morgan fingerprint density at radius 3 is 1.50 bits per heavy atom. The third-order valence-electron chi connectivity index (χ3n) is 3.90. The zero-order chi connectivity index (χ0) is 15.0. The van der Waals surface area contributed by atoms with E-state index in [0.717, 1.165) is 39.3 Å². The predicted molar refractivity (Wildman–Crippen MR) is 93.3 cm³/mol. The lowest BCUT2D eigenvalue weighted by Gasteiger charge is -2.16. The van der Waals surface area contributed by atoms with Gasteiger partial charge in [0.25, 0.3) is 0 Å². The van der Waals surface area contributed by atoms with E-state index in [1.54, 1.807) is 0 Å². The third-order valence-corrected chi connectivity index (χ3v) is 3.90. The van der Waals surface area contributed by atoms with Crippen LogP contribution in [0.15, 0.2) is 48.5 Å². The first-order valence-corrected chi connectivity index (χ1v) is 7.98. The van der Waals surface area contributed by atoms with Gasteiger partial charge in [0, 0.05) is 50.6 Å². The summed E-state index contributed by atoms with van der Waals surface area (Å²) in [6.45, 7) is 5.51. The molecular formula is C18H24N4. The minimum absolute atomic E-state index is 0.889. The molecule has 0 saturated carbocycles. The van der Waals surface area contributed by atoms with Crippen molar-refractivity contribution in [2.45, 2.75) is 13.1 Å². The van der Waals surface area contributed by atoms with Crippen LogP contribution < -0.4 is 21.3 Å². The maximum absolute atomic E-state index is 3.52. The van der Waals surface area contributed by atoms with Crippen molar-refractivity contribution in [3.05, 3.63) is 59.7 Å². The van der Waals surface area contributed by atoms with Gasteiger partial charge in [-0.05, 0) is 23.3 Å². The Morgan fingerprint density at radius 2 is 1.00 bits per heavy atom. The minimum atomic E-state index is 0.889. The minimum Gasteiger partial charge on any atom is -0.384 e. The Hall–Kier alpha value is -2.04. The largest absolute Gasteiger partial charge is 0.384 e. The summed E-state index contributed by atoms with van der Waals surface area (Å²) in [6.07, 6.45) is 0. The topological polar surface area (TPSA) is 48.1 Å². The second kappa shape index (κ2) is 7.82. The maximum Gasteiger partial charge on any atom is 0.0386 e. The molecule has 116 valence electrons. The van der Waals surface area contributed by atoms with Crippen LogP contribution >= 0.6 is 0 Å². The van der Waals surface area contributed by atoms with Crippen LogP contribution in [0.5, 0.6) is 0 Å². The van der Waals surface area contributed by atoms with Gasteiger partial charge in [-0.25, -0.2) is 0 Å². The molecule has 0 atom stereocenters. The highest BCUT2D eigenvalue weighted by molar-refractivity contribution is 5.52. The quantitative estimate of drug-likeness (QED) is 0.603. The zero-order valence-electron chi connectivity index (χ0n) is 12.9. The van der Waals surface area contributed by atoms with Gasteiger partial charge in [-0.3, -0.25) is 0 Å². The molecule has 4 N–H and O–H groups in total. The van der Waals surface area contributed by atoms with Crippen molar-refractivity contribution in [3.8, 4) is 0 Å². The Balaban J connectivity index is 1.67. The fourth-order valence-electron chi connectivity index (χ4n) is 2.71. The van der Waals surface area contributed by atoms with Gasteiger partial charge in [0.05, 0.1) is 0 Å². The molecule has 2 aromatic rings.